The Hall–Kier alpha value is -3.70. The number of aliphatic hydroxyl groups is 1. The lowest BCUT2D eigenvalue weighted by molar-refractivity contribution is -0.385. The molecule has 0 saturated heterocycles. The molecule has 0 amide bonds. The zero-order valence-corrected chi connectivity index (χ0v) is 24.5. The minimum absolute atomic E-state index is 0.482. The first-order valence-corrected chi connectivity index (χ1v) is 12.6. The molecule has 0 saturated carbocycles. The van der Waals surface area contributed by atoms with E-state index in [2.05, 4.69) is 27.4 Å². The number of carbonyl (C=O) groups excluding carboxylic acids is 2. The lowest BCUT2D eigenvalue weighted by Gasteiger charge is -2.39. The molecule has 0 bridgehead atoms. The number of esters is 2. The SMILES string of the molecule is C=C(C)C(=O)OC(C)CC(OCC(=C)C(=O)OC(c1ccc(C(O)(C(F)(F)F)C(F)(F)F)cc1)(C(F)(F)F)C(F)(F)F)(C(F)(F)F)C(F)(F)F. The van der Waals surface area contributed by atoms with Gasteiger partial charge in [0.1, 0.15) is 6.10 Å². The highest BCUT2D eigenvalue weighted by molar-refractivity contribution is 5.88. The number of hydrogen-bond donors (Lipinski definition) is 1. The van der Waals surface area contributed by atoms with Crippen LogP contribution in [0.15, 0.2) is 48.6 Å². The average Bonchev–Trinajstić information content (AvgIpc) is 2.89. The minimum Gasteiger partial charge on any atom is -0.459 e. The molecule has 0 fully saturated rings. The van der Waals surface area contributed by atoms with Crippen molar-refractivity contribution >= 4 is 11.9 Å². The van der Waals surface area contributed by atoms with Crippen molar-refractivity contribution in [1.82, 2.24) is 0 Å². The average molecular weight is 770 g/mol. The van der Waals surface area contributed by atoms with Crippen LogP contribution in [0.5, 0.6) is 0 Å². The van der Waals surface area contributed by atoms with Crippen LogP contribution in [0, 0.1) is 0 Å². The largest absolute Gasteiger partial charge is 0.459 e. The summed E-state index contributed by atoms with van der Waals surface area (Å²) in [5.74, 6) is -4.58. The Morgan fingerprint density at radius 2 is 1.04 bits per heavy atom. The van der Waals surface area contributed by atoms with E-state index in [0.717, 1.165) is 6.92 Å². The van der Waals surface area contributed by atoms with Crippen LogP contribution < -0.4 is 0 Å². The second-order valence-electron chi connectivity index (χ2n) is 10.3. The highest BCUT2D eigenvalue weighted by atomic mass is 19.4. The molecule has 1 N–H and O–H groups in total. The fraction of sp³-hybridized carbons (Fsp3) is 0.538. The van der Waals surface area contributed by atoms with E-state index >= 15 is 0 Å². The summed E-state index contributed by atoms with van der Waals surface area (Å²) in [5.41, 5.74) is -24.9. The van der Waals surface area contributed by atoms with E-state index in [0.29, 0.717) is 6.92 Å². The molecule has 1 rings (SSSR count). The van der Waals surface area contributed by atoms with Gasteiger partial charge < -0.3 is 19.3 Å². The fourth-order valence-electron chi connectivity index (χ4n) is 3.92. The maximum atomic E-state index is 14.1. The van der Waals surface area contributed by atoms with Gasteiger partial charge in [0, 0.05) is 23.1 Å². The first-order valence-electron chi connectivity index (χ1n) is 12.6. The van der Waals surface area contributed by atoms with Crippen molar-refractivity contribution in [3.63, 3.8) is 0 Å². The Balaban J connectivity index is 3.71. The highest BCUT2D eigenvalue weighted by Crippen LogP contribution is 2.55. The lowest BCUT2D eigenvalue weighted by Crippen LogP contribution is -2.60. The van der Waals surface area contributed by atoms with Gasteiger partial charge in [-0.25, -0.2) is 9.59 Å². The first-order chi connectivity index (χ1) is 21.9. The van der Waals surface area contributed by atoms with Crippen molar-refractivity contribution in [2.45, 2.75) is 80.2 Å². The smallest absolute Gasteiger partial charge is 0.442 e. The summed E-state index contributed by atoms with van der Waals surface area (Å²) in [5, 5.41) is 9.35. The van der Waals surface area contributed by atoms with Gasteiger partial charge in [-0.15, -0.1) is 0 Å². The van der Waals surface area contributed by atoms with Crippen LogP contribution >= 0.6 is 0 Å². The van der Waals surface area contributed by atoms with E-state index < -0.39 is 131 Å². The number of carbonyl (C=O) groups is 2. The predicted molar refractivity (Wildman–Crippen MR) is 127 cm³/mol. The van der Waals surface area contributed by atoms with Crippen LogP contribution in [-0.4, -0.2) is 72.4 Å². The standard InChI is InChI=1S/C26H20F18O6/c1-11(2)16(45)49-13(4)9-18(21(27,28)29,22(30,31)32)48-10-12(3)17(46)50-20(25(39,40)41,26(42,43)44)15-7-5-14(6-8-15)19(47,23(33,34)35)24(36,37)38/h5-8,13,47H,1,3,9-10H2,2,4H3. The molecule has 1 atom stereocenters. The maximum Gasteiger partial charge on any atom is 0.442 e. The van der Waals surface area contributed by atoms with Crippen molar-refractivity contribution in [2.24, 2.45) is 0 Å². The van der Waals surface area contributed by atoms with Crippen LogP contribution in [0.2, 0.25) is 0 Å². The normalized spacial score (nSPS) is 15.0. The number of alkyl halides is 18. The van der Waals surface area contributed by atoms with Crippen LogP contribution in [0.1, 0.15) is 31.4 Å². The topological polar surface area (TPSA) is 82.1 Å². The predicted octanol–water partition coefficient (Wildman–Crippen LogP) is 8.20. The summed E-state index contributed by atoms with van der Waals surface area (Å²) in [6, 6.07) is -2.90. The van der Waals surface area contributed by atoms with Gasteiger partial charge in [-0.2, -0.15) is 79.0 Å². The van der Waals surface area contributed by atoms with Gasteiger partial charge in [0.25, 0.3) is 11.2 Å². The Bertz CT molecular complexity index is 1370. The molecule has 1 aromatic carbocycles. The number of hydrogen-bond acceptors (Lipinski definition) is 6. The van der Waals surface area contributed by atoms with E-state index in [9.17, 15) is 93.7 Å². The quantitative estimate of drug-likeness (QED) is 0.139. The molecule has 1 unspecified atom stereocenters. The second kappa shape index (κ2) is 13.8. The van der Waals surface area contributed by atoms with E-state index in [1.54, 1.807) is 0 Å². The van der Waals surface area contributed by atoms with Gasteiger partial charge in [-0.05, 0) is 13.8 Å². The molecule has 50 heavy (non-hydrogen) atoms. The van der Waals surface area contributed by atoms with Gasteiger partial charge in [-0.1, -0.05) is 37.4 Å². The zero-order valence-electron chi connectivity index (χ0n) is 24.5. The third-order valence-electron chi connectivity index (χ3n) is 6.50. The molecule has 0 spiro atoms. The molecule has 0 aromatic heterocycles. The van der Waals surface area contributed by atoms with Gasteiger partial charge >= 0.3 is 54.6 Å². The fourth-order valence-corrected chi connectivity index (χ4v) is 3.92. The van der Waals surface area contributed by atoms with E-state index in [1.165, 1.54) is 0 Å². The molecule has 0 aliphatic heterocycles. The van der Waals surface area contributed by atoms with Crippen LogP contribution in [-0.2, 0) is 35.0 Å². The van der Waals surface area contributed by atoms with Gasteiger partial charge in [0.05, 0.1) is 12.2 Å². The third kappa shape index (κ3) is 8.26. The Labute approximate surface area is 267 Å². The molecule has 24 heteroatoms. The molecular formula is C26H20F18O6. The van der Waals surface area contributed by atoms with E-state index in [1.807, 2.05) is 0 Å². The number of benzene rings is 1. The Kier molecular flexibility index (Phi) is 12.2. The summed E-state index contributed by atoms with van der Waals surface area (Å²) in [7, 11) is 0. The summed E-state index contributed by atoms with van der Waals surface area (Å²) >= 11 is 0. The maximum absolute atomic E-state index is 14.1. The summed E-state index contributed by atoms with van der Waals surface area (Å²) < 4.78 is 258. The highest BCUT2D eigenvalue weighted by Gasteiger charge is 2.77. The van der Waals surface area contributed by atoms with Crippen molar-refractivity contribution in [2.75, 3.05) is 6.61 Å². The molecule has 6 nitrogen and oxygen atoms in total. The van der Waals surface area contributed by atoms with Gasteiger partial charge in [0.2, 0.25) is 0 Å². The molecule has 286 valence electrons. The van der Waals surface area contributed by atoms with Crippen molar-refractivity contribution in [1.29, 1.82) is 0 Å². The monoisotopic (exact) mass is 770 g/mol. The summed E-state index contributed by atoms with van der Waals surface area (Å²) in [6.07, 6.45) is -45.1. The number of halogens is 18. The lowest BCUT2D eigenvalue weighted by atomic mass is 9.87. The number of ether oxygens (including phenoxy) is 3. The Morgan fingerprint density at radius 3 is 1.36 bits per heavy atom. The molecule has 1 aromatic rings. The zero-order chi connectivity index (χ0) is 39.9. The third-order valence-corrected chi connectivity index (χ3v) is 6.50. The molecule has 0 heterocycles. The molecule has 0 radical (unpaired) electrons. The van der Waals surface area contributed by atoms with Crippen LogP contribution in [0.4, 0.5) is 79.0 Å². The molecular weight excluding hydrogens is 750 g/mol. The first kappa shape index (κ1) is 44.3. The minimum atomic E-state index is -6.97. The van der Waals surface area contributed by atoms with Crippen LogP contribution in [0.25, 0.3) is 0 Å². The van der Waals surface area contributed by atoms with Crippen molar-refractivity contribution < 1.29 is 108 Å². The van der Waals surface area contributed by atoms with Crippen molar-refractivity contribution in [3.8, 4) is 0 Å². The van der Waals surface area contributed by atoms with E-state index in [4.69, 9.17) is 0 Å². The van der Waals surface area contributed by atoms with E-state index in [-0.39, 0.29) is 0 Å². The summed E-state index contributed by atoms with van der Waals surface area (Å²) in [6.45, 7) is 4.42. The number of rotatable bonds is 11. The molecule has 0 aliphatic rings. The van der Waals surface area contributed by atoms with Gasteiger partial charge in [0.15, 0.2) is 0 Å². The summed E-state index contributed by atoms with van der Waals surface area (Å²) in [4.78, 5) is 24.0. The Morgan fingerprint density at radius 1 is 0.660 bits per heavy atom. The molecule has 0 aliphatic carbocycles. The second-order valence-corrected chi connectivity index (χ2v) is 10.3. The van der Waals surface area contributed by atoms with Crippen molar-refractivity contribution in [3.05, 3.63) is 59.7 Å². The van der Waals surface area contributed by atoms with Gasteiger partial charge in [-0.3, -0.25) is 0 Å². The van der Waals surface area contributed by atoms with Crippen LogP contribution in [0.3, 0.4) is 0 Å².